The molecule has 1 N–H and O–H groups in total. The Balaban J connectivity index is 1.92. The van der Waals surface area contributed by atoms with E-state index in [1.54, 1.807) is 0 Å². The van der Waals surface area contributed by atoms with E-state index in [0.29, 0.717) is 5.92 Å². The van der Waals surface area contributed by atoms with Gasteiger partial charge in [0, 0.05) is 6.54 Å². The van der Waals surface area contributed by atoms with Crippen LogP contribution in [0.25, 0.3) is 0 Å². The molecule has 0 saturated carbocycles. The highest BCUT2D eigenvalue weighted by Gasteiger charge is 2.30. The predicted molar refractivity (Wildman–Crippen MR) is 90.2 cm³/mol. The molecule has 1 heterocycles. The third kappa shape index (κ3) is 4.33. The zero-order valence-electron chi connectivity index (χ0n) is 14.3. The fourth-order valence-electron chi connectivity index (χ4n) is 3.33. The van der Waals surface area contributed by atoms with E-state index in [1.165, 1.54) is 11.1 Å². The summed E-state index contributed by atoms with van der Waals surface area (Å²) in [6, 6.07) is 8.60. The van der Waals surface area contributed by atoms with Crippen LogP contribution in [0.15, 0.2) is 24.3 Å². The molecule has 0 amide bonds. The van der Waals surface area contributed by atoms with Crippen LogP contribution in [0.5, 0.6) is 0 Å². The normalized spacial score (nSPS) is 21.0. The lowest BCUT2D eigenvalue weighted by Crippen LogP contribution is -2.38. The fourth-order valence-corrected chi connectivity index (χ4v) is 3.33. The Morgan fingerprint density at radius 1 is 1.32 bits per heavy atom. The van der Waals surface area contributed by atoms with Crippen LogP contribution in [0.1, 0.15) is 51.7 Å². The van der Waals surface area contributed by atoms with Crippen LogP contribution in [0.3, 0.4) is 0 Å². The first-order chi connectivity index (χ1) is 10.3. The van der Waals surface area contributed by atoms with Gasteiger partial charge in [0.05, 0.1) is 0 Å². The van der Waals surface area contributed by atoms with Crippen LogP contribution in [0, 0.1) is 5.92 Å². The largest absolute Gasteiger partial charge is 0.480 e. The monoisotopic (exact) mass is 303 g/mol. The van der Waals surface area contributed by atoms with Crippen molar-refractivity contribution in [1.29, 1.82) is 0 Å². The first-order valence-electron chi connectivity index (χ1n) is 8.33. The molecule has 1 fully saturated rings. The quantitative estimate of drug-likeness (QED) is 0.901. The Kier molecular flexibility index (Phi) is 5.28. The molecular formula is C19H29NO2. The van der Waals surface area contributed by atoms with E-state index in [1.807, 2.05) is 0 Å². The van der Waals surface area contributed by atoms with Gasteiger partial charge in [-0.2, -0.15) is 0 Å². The Morgan fingerprint density at radius 3 is 2.50 bits per heavy atom. The lowest BCUT2D eigenvalue weighted by atomic mass is 9.86. The average Bonchev–Trinajstić information content (AvgIpc) is 2.86. The molecule has 0 bridgehead atoms. The molecule has 2 rings (SSSR count). The molecule has 0 aliphatic carbocycles. The molecule has 2 atom stereocenters. The Bertz CT molecular complexity index is 501. The molecule has 3 nitrogen and oxygen atoms in total. The lowest BCUT2D eigenvalue weighted by molar-refractivity contribution is -0.142. The van der Waals surface area contributed by atoms with Gasteiger partial charge in [-0.15, -0.1) is 0 Å². The van der Waals surface area contributed by atoms with Gasteiger partial charge in [0.2, 0.25) is 0 Å². The minimum absolute atomic E-state index is 0.189. The van der Waals surface area contributed by atoms with E-state index in [2.05, 4.69) is 56.9 Å². The van der Waals surface area contributed by atoms with Crippen molar-refractivity contribution in [2.24, 2.45) is 5.92 Å². The highest BCUT2D eigenvalue weighted by atomic mass is 16.4. The summed E-state index contributed by atoms with van der Waals surface area (Å²) < 4.78 is 0. The maximum atomic E-state index is 11.2. The number of hydrogen-bond donors (Lipinski definition) is 1. The van der Waals surface area contributed by atoms with Crippen molar-refractivity contribution in [1.82, 2.24) is 4.90 Å². The Hall–Kier alpha value is -1.35. The summed E-state index contributed by atoms with van der Waals surface area (Å²) in [6.07, 6.45) is 2.81. The summed E-state index contributed by atoms with van der Waals surface area (Å²) in [5, 5.41) is 9.25. The number of hydrogen-bond acceptors (Lipinski definition) is 2. The van der Waals surface area contributed by atoms with Crippen molar-refractivity contribution < 1.29 is 9.90 Å². The van der Waals surface area contributed by atoms with Crippen LogP contribution in [0.4, 0.5) is 0 Å². The van der Waals surface area contributed by atoms with E-state index < -0.39 is 5.97 Å². The smallest absolute Gasteiger partial charge is 0.320 e. The Labute approximate surface area is 134 Å². The van der Waals surface area contributed by atoms with Crippen LogP contribution in [0.2, 0.25) is 0 Å². The number of rotatable bonds is 5. The van der Waals surface area contributed by atoms with Crippen LogP contribution in [-0.4, -0.2) is 35.1 Å². The highest BCUT2D eigenvalue weighted by Crippen LogP contribution is 2.24. The van der Waals surface area contributed by atoms with Gasteiger partial charge in [-0.1, -0.05) is 52.0 Å². The van der Waals surface area contributed by atoms with Crippen molar-refractivity contribution in [3.05, 3.63) is 35.4 Å². The molecule has 1 aromatic rings. The molecule has 0 spiro atoms. The van der Waals surface area contributed by atoms with Gasteiger partial charge in [0.1, 0.15) is 6.04 Å². The van der Waals surface area contributed by atoms with Crippen molar-refractivity contribution in [2.45, 2.75) is 58.4 Å². The van der Waals surface area contributed by atoms with E-state index in [4.69, 9.17) is 0 Å². The summed E-state index contributed by atoms with van der Waals surface area (Å²) in [5.41, 5.74) is 2.88. The van der Waals surface area contributed by atoms with Gasteiger partial charge in [0.25, 0.3) is 0 Å². The molecule has 1 aliphatic rings. The molecule has 22 heavy (non-hydrogen) atoms. The van der Waals surface area contributed by atoms with E-state index in [0.717, 1.165) is 32.4 Å². The van der Waals surface area contributed by atoms with Gasteiger partial charge in [-0.3, -0.25) is 9.69 Å². The molecular weight excluding hydrogens is 274 g/mol. The van der Waals surface area contributed by atoms with E-state index >= 15 is 0 Å². The first-order valence-corrected chi connectivity index (χ1v) is 8.33. The number of carbonyl (C=O) groups is 1. The number of likely N-dealkylation sites (tertiary alicyclic amines) is 1. The number of aliphatic carboxylic acids is 1. The molecule has 0 aromatic heterocycles. The van der Waals surface area contributed by atoms with Crippen LogP contribution < -0.4 is 0 Å². The highest BCUT2D eigenvalue weighted by molar-refractivity contribution is 5.73. The standard InChI is InChI=1S/C19H29NO2/c1-14(13-20-11-5-6-17(20)18(21)22)12-15-7-9-16(10-8-15)19(2,3)4/h7-10,14,17H,5-6,11-13H2,1-4H3,(H,21,22)/t14?,17-/m1/s1. The zero-order valence-corrected chi connectivity index (χ0v) is 14.3. The third-order valence-corrected chi connectivity index (χ3v) is 4.60. The molecule has 1 unspecified atom stereocenters. The van der Waals surface area contributed by atoms with Crippen molar-refractivity contribution in [3.63, 3.8) is 0 Å². The SMILES string of the molecule is CC(Cc1ccc(C(C)(C)C)cc1)CN1CCC[C@@H]1C(=O)O. The number of benzene rings is 1. The topological polar surface area (TPSA) is 40.5 Å². The molecule has 3 heteroatoms. The summed E-state index contributed by atoms with van der Waals surface area (Å²) in [7, 11) is 0. The summed E-state index contributed by atoms with van der Waals surface area (Å²) in [6.45, 7) is 10.7. The first kappa shape index (κ1) is 17.0. The molecule has 122 valence electrons. The molecule has 1 saturated heterocycles. The van der Waals surface area contributed by atoms with Gasteiger partial charge in [-0.25, -0.2) is 0 Å². The lowest BCUT2D eigenvalue weighted by Gasteiger charge is -2.25. The number of carboxylic acids is 1. The predicted octanol–water partition coefficient (Wildman–Crippen LogP) is 3.71. The van der Waals surface area contributed by atoms with Gasteiger partial charge < -0.3 is 5.11 Å². The second kappa shape index (κ2) is 6.82. The van der Waals surface area contributed by atoms with Gasteiger partial charge >= 0.3 is 5.97 Å². The Morgan fingerprint density at radius 2 is 1.95 bits per heavy atom. The summed E-state index contributed by atoms with van der Waals surface area (Å²) in [5.74, 6) is -0.195. The minimum atomic E-state index is -0.667. The zero-order chi connectivity index (χ0) is 16.3. The maximum Gasteiger partial charge on any atom is 0.320 e. The summed E-state index contributed by atoms with van der Waals surface area (Å²) >= 11 is 0. The van der Waals surface area contributed by atoms with Crippen molar-refractivity contribution in [2.75, 3.05) is 13.1 Å². The van der Waals surface area contributed by atoms with E-state index in [9.17, 15) is 9.90 Å². The number of nitrogens with zero attached hydrogens (tertiary/aromatic N) is 1. The molecule has 1 aliphatic heterocycles. The van der Waals surface area contributed by atoms with Crippen molar-refractivity contribution in [3.8, 4) is 0 Å². The van der Waals surface area contributed by atoms with Gasteiger partial charge in [-0.05, 0) is 48.3 Å². The summed E-state index contributed by atoms with van der Waals surface area (Å²) in [4.78, 5) is 13.4. The molecule has 1 aromatic carbocycles. The number of carboxylic acid groups (broad SMARTS) is 1. The van der Waals surface area contributed by atoms with E-state index in [-0.39, 0.29) is 11.5 Å². The average molecular weight is 303 g/mol. The fraction of sp³-hybridized carbons (Fsp3) is 0.632. The van der Waals surface area contributed by atoms with Crippen LogP contribution >= 0.6 is 0 Å². The maximum absolute atomic E-state index is 11.2. The second-order valence-electron chi connectivity index (χ2n) is 7.75. The third-order valence-electron chi connectivity index (χ3n) is 4.60. The van der Waals surface area contributed by atoms with Crippen LogP contribution in [-0.2, 0) is 16.6 Å². The second-order valence-corrected chi connectivity index (χ2v) is 7.75. The minimum Gasteiger partial charge on any atom is -0.480 e. The molecule has 0 radical (unpaired) electrons. The van der Waals surface area contributed by atoms with Crippen molar-refractivity contribution >= 4 is 5.97 Å². The van der Waals surface area contributed by atoms with Gasteiger partial charge in [0.15, 0.2) is 0 Å².